The van der Waals surface area contributed by atoms with Gasteiger partial charge in [-0.2, -0.15) is 13.2 Å². The summed E-state index contributed by atoms with van der Waals surface area (Å²) in [6.45, 7) is 1.34. The highest BCUT2D eigenvalue weighted by Gasteiger charge is 2.43. The summed E-state index contributed by atoms with van der Waals surface area (Å²) in [6, 6.07) is 4.13. The van der Waals surface area contributed by atoms with Gasteiger partial charge in [0.1, 0.15) is 5.82 Å². The molecule has 1 saturated heterocycles. The van der Waals surface area contributed by atoms with Gasteiger partial charge < -0.3 is 10.2 Å². The number of piperidine rings is 1. The first kappa shape index (κ1) is 17.2. The molecule has 1 aliphatic heterocycles. The fourth-order valence-corrected chi connectivity index (χ4v) is 2.49. The largest absolute Gasteiger partial charge is 0.471 e. The Morgan fingerprint density at radius 2 is 1.83 bits per heavy atom. The van der Waals surface area contributed by atoms with E-state index in [2.05, 4.69) is 5.32 Å². The maximum absolute atomic E-state index is 13.2. The molecule has 23 heavy (non-hydrogen) atoms. The minimum absolute atomic E-state index is 0.112. The van der Waals surface area contributed by atoms with E-state index in [-0.39, 0.29) is 37.7 Å². The SMILES string of the molecule is Cc1cc(NC(=O)C2CCN(C(=O)C(F)(F)F)CC2)ccc1F. The Labute approximate surface area is 130 Å². The van der Waals surface area contributed by atoms with Crippen molar-refractivity contribution in [1.29, 1.82) is 0 Å². The van der Waals surface area contributed by atoms with E-state index < -0.39 is 18.0 Å². The van der Waals surface area contributed by atoms with Crippen LogP contribution in [0.25, 0.3) is 0 Å². The van der Waals surface area contributed by atoms with Gasteiger partial charge in [0.2, 0.25) is 5.91 Å². The summed E-state index contributed by atoms with van der Waals surface area (Å²) in [5, 5.41) is 2.62. The van der Waals surface area contributed by atoms with Gasteiger partial charge in [0, 0.05) is 24.7 Å². The molecule has 4 nitrogen and oxygen atoms in total. The second-order valence-corrected chi connectivity index (χ2v) is 5.52. The van der Waals surface area contributed by atoms with Crippen molar-refractivity contribution in [3.63, 3.8) is 0 Å². The molecule has 1 aromatic carbocycles. The van der Waals surface area contributed by atoms with Crippen LogP contribution >= 0.6 is 0 Å². The third kappa shape index (κ3) is 4.20. The number of hydrogen-bond donors (Lipinski definition) is 1. The number of halogens is 4. The first-order valence-corrected chi connectivity index (χ1v) is 7.11. The van der Waals surface area contributed by atoms with Gasteiger partial charge in [-0.1, -0.05) is 0 Å². The van der Waals surface area contributed by atoms with E-state index in [9.17, 15) is 27.2 Å². The molecule has 0 radical (unpaired) electrons. The number of nitrogens with zero attached hydrogens (tertiary/aromatic N) is 1. The highest BCUT2D eigenvalue weighted by atomic mass is 19.4. The van der Waals surface area contributed by atoms with Crippen molar-refractivity contribution in [3.8, 4) is 0 Å². The standard InChI is InChI=1S/C15H16F4N2O2/c1-9-8-11(2-3-12(9)16)20-13(22)10-4-6-21(7-5-10)14(23)15(17,18)19/h2-3,8,10H,4-7H2,1H3,(H,20,22). The second kappa shape index (κ2) is 6.55. The number of aryl methyl sites for hydroxylation is 1. The van der Waals surface area contributed by atoms with Gasteiger partial charge in [-0.25, -0.2) is 4.39 Å². The average molecular weight is 332 g/mol. The number of benzene rings is 1. The van der Waals surface area contributed by atoms with Crippen molar-refractivity contribution in [2.45, 2.75) is 25.9 Å². The van der Waals surface area contributed by atoms with E-state index in [0.717, 1.165) is 0 Å². The van der Waals surface area contributed by atoms with Crippen molar-refractivity contribution < 1.29 is 27.2 Å². The molecule has 0 aromatic heterocycles. The van der Waals surface area contributed by atoms with Crippen LogP contribution in [0.3, 0.4) is 0 Å². The van der Waals surface area contributed by atoms with Crippen LogP contribution in [0.1, 0.15) is 18.4 Å². The fourth-order valence-electron chi connectivity index (χ4n) is 2.49. The third-order valence-corrected chi connectivity index (χ3v) is 3.82. The molecular weight excluding hydrogens is 316 g/mol. The number of rotatable bonds is 2. The highest BCUT2D eigenvalue weighted by molar-refractivity contribution is 5.93. The predicted octanol–water partition coefficient (Wildman–Crippen LogP) is 2.87. The van der Waals surface area contributed by atoms with Gasteiger partial charge in [0.15, 0.2) is 0 Å². The van der Waals surface area contributed by atoms with Crippen molar-refractivity contribution >= 4 is 17.5 Å². The molecule has 8 heteroatoms. The van der Waals surface area contributed by atoms with E-state index in [1.165, 1.54) is 18.2 Å². The number of amides is 2. The lowest BCUT2D eigenvalue weighted by Gasteiger charge is -2.31. The number of hydrogen-bond acceptors (Lipinski definition) is 2. The average Bonchev–Trinajstić information content (AvgIpc) is 2.49. The van der Waals surface area contributed by atoms with Gasteiger partial charge in [0.25, 0.3) is 0 Å². The molecule has 1 aromatic rings. The molecule has 0 saturated carbocycles. The lowest BCUT2D eigenvalue weighted by molar-refractivity contribution is -0.186. The Balaban J connectivity index is 1.91. The molecule has 0 atom stereocenters. The summed E-state index contributed by atoms with van der Waals surface area (Å²) in [6.07, 6.45) is -4.57. The molecule has 0 aliphatic carbocycles. The molecule has 1 heterocycles. The molecule has 1 N–H and O–H groups in total. The van der Waals surface area contributed by atoms with Crippen LogP contribution in [0.2, 0.25) is 0 Å². The number of alkyl halides is 3. The summed E-state index contributed by atoms with van der Waals surface area (Å²) < 4.78 is 50.2. The maximum Gasteiger partial charge on any atom is 0.471 e. The second-order valence-electron chi connectivity index (χ2n) is 5.52. The Morgan fingerprint density at radius 1 is 1.22 bits per heavy atom. The Morgan fingerprint density at radius 3 is 2.35 bits per heavy atom. The van der Waals surface area contributed by atoms with E-state index in [0.29, 0.717) is 16.2 Å². The van der Waals surface area contributed by atoms with E-state index >= 15 is 0 Å². The van der Waals surface area contributed by atoms with E-state index in [4.69, 9.17) is 0 Å². The van der Waals surface area contributed by atoms with Crippen molar-refractivity contribution in [1.82, 2.24) is 4.90 Å². The third-order valence-electron chi connectivity index (χ3n) is 3.82. The zero-order valence-corrected chi connectivity index (χ0v) is 12.4. The van der Waals surface area contributed by atoms with Crippen LogP contribution in [0, 0.1) is 18.7 Å². The van der Waals surface area contributed by atoms with Crippen LogP contribution in [0.15, 0.2) is 18.2 Å². The summed E-state index contributed by atoms with van der Waals surface area (Å²) in [5.41, 5.74) is 0.816. The van der Waals surface area contributed by atoms with E-state index in [1.807, 2.05) is 0 Å². The topological polar surface area (TPSA) is 49.4 Å². The minimum atomic E-state index is -4.89. The number of anilines is 1. The number of likely N-dealkylation sites (tertiary alicyclic amines) is 1. The summed E-state index contributed by atoms with van der Waals surface area (Å²) in [7, 11) is 0. The number of nitrogens with one attached hydrogen (secondary N) is 1. The van der Waals surface area contributed by atoms with Gasteiger partial charge in [0.05, 0.1) is 0 Å². The normalized spacial score (nSPS) is 16.3. The molecule has 0 spiro atoms. The summed E-state index contributed by atoms with van der Waals surface area (Å²) in [4.78, 5) is 23.9. The molecule has 1 aliphatic rings. The Hall–Kier alpha value is -2.12. The molecule has 126 valence electrons. The van der Waals surface area contributed by atoms with Gasteiger partial charge in [-0.05, 0) is 43.5 Å². The Bertz CT molecular complexity index is 608. The smallest absolute Gasteiger partial charge is 0.335 e. The zero-order chi connectivity index (χ0) is 17.2. The van der Waals surface area contributed by atoms with E-state index in [1.54, 1.807) is 6.92 Å². The lowest BCUT2D eigenvalue weighted by atomic mass is 9.95. The summed E-state index contributed by atoms with van der Waals surface area (Å²) in [5.74, 6) is -3.07. The van der Waals surface area contributed by atoms with Crippen molar-refractivity contribution in [2.24, 2.45) is 5.92 Å². The molecule has 0 bridgehead atoms. The predicted molar refractivity (Wildman–Crippen MR) is 75.1 cm³/mol. The quantitative estimate of drug-likeness (QED) is 0.847. The lowest BCUT2D eigenvalue weighted by Crippen LogP contribution is -2.46. The minimum Gasteiger partial charge on any atom is -0.335 e. The number of carbonyl (C=O) groups excluding carboxylic acids is 2. The van der Waals surface area contributed by atoms with Gasteiger partial charge in [-0.3, -0.25) is 9.59 Å². The van der Waals surface area contributed by atoms with Gasteiger partial charge >= 0.3 is 12.1 Å². The first-order valence-electron chi connectivity index (χ1n) is 7.11. The fraction of sp³-hybridized carbons (Fsp3) is 0.467. The monoisotopic (exact) mass is 332 g/mol. The van der Waals surface area contributed by atoms with Gasteiger partial charge in [-0.15, -0.1) is 0 Å². The van der Waals surface area contributed by atoms with Crippen LogP contribution in [-0.4, -0.2) is 36.0 Å². The van der Waals surface area contributed by atoms with Crippen molar-refractivity contribution in [3.05, 3.63) is 29.6 Å². The molecular formula is C15H16F4N2O2. The van der Waals surface area contributed by atoms with Crippen LogP contribution in [-0.2, 0) is 9.59 Å². The number of carbonyl (C=O) groups is 2. The zero-order valence-electron chi connectivity index (χ0n) is 12.4. The molecule has 2 amide bonds. The summed E-state index contributed by atoms with van der Waals surface area (Å²) >= 11 is 0. The highest BCUT2D eigenvalue weighted by Crippen LogP contribution is 2.25. The molecule has 1 fully saturated rings. The van der Waals surface area contributed by atoms with Crippen LogP contribution < -0.4 is 5.32 Å². The molecule has 2 rings (SSSR count). The van der Waals surface area contributed by atoms with Crippen molar-refractivity contribution in [2.75, 3.05) is 18.4 Å². The van der Waals surface area contributed by atoms with Crippen LogP contribution in [0.4, 0.5) is 23.2 Å². The maximum atomic E-state index is 13.2. The van der Waals surface area contributed by atoms with Crippen LogP contribution in [0.5, 0.6) is 0 Å². The molecule has 0 unspecified atom stereocenters. The first-order chi connectivity index (χ1) is 10.7. The Kier molecular flexibility index (Phi) is 4.91.